The van der Waals surface area contributed by atoms with Crippen LogP contribution in [0.15, 0.2) is 83.7 Å². The van der Waals surface area contributed by atoms with Crippen molar-refractivity contribution in [1.82, 2.24) is 20.5 Å². The molecule has 51 heavy (non-hydrogen) atoms. The molecule has 1 aliphatic heterocycles. The number of carbonyl (C=O) groups is 2. The Bertz CT molecular complexity index is 2040. The Balaban J connectivity index is 0.927. The second kappa shape index (κ2) is 16.9. The number of aromatic hydroxyl groups is 1. The third-order valence-electron chi connectivity index (χ3n) is 9.01. The molecule has 6 N–H and O–H groups in total. The monoisotopic (exact) mass is 728 g/mol. The number of thiazole rings is 1. The third-order valence-corrected chi connectivity index (χ3v) is 10.3. The molecule has 1 fully saturated rings. The number of piperidine rings is 1. The van der Waals surface area contributed by atoms with Gasteiger partial charge >= 0.3 is 10.9 Å². The molecule has 266 valence electrons. The van der Waals surface area contributed by atoms with Crippen LogP contribution in [0.4, 0.5) is 16.2 Å². The van der Waals surface area contributed by atoms with Gasteiger partial charge in [0.15, 0.2) is 0 Å². The molecule has 0 bridgehead atoms. The summed E-state index contributed by atoms with van der Waals surface area (Å²) >= 11 is 7.67. The van der Waals surface area contributed by atoms with Crippen LogP contribution in [0, 0.1) is 0 Å². The number of phenolic OH excluding ortho intramolecular Hbond substituents is 1. The van der Waals surface area contributed by atoms with Crippen LogP contribution in [0.2, 0.25) is 5.02 Å². The van der Waals surface area contributed by atoms with Crippen LogP contribution < -0.4 is 30.9 Å². The first kappa shape index (κ1) is 35.9. The lowest BCUT2D eigenvalue weighted by Crippen LogP contribution is -2.46. The summed E-state index contributed by atoms with van der Waals surface area (Å²) in [6.45, 7) is 3.25. The largest absolute Gasteiger partial charge is 0.506 e. The molecular formula is C38H41ClN6O5S. The van der Waals surface area contributed by atoms with Crippen molar-refractivity contribution in [3.05, 3.63) is 105 Å². The molecule has 13 heteroatoms. The van der Waals surface area contributed by atoms with Gasteiger partial charge in [-0.1, -0.05) is 77.5 Å². The lowest BCUT2D eigenvalue weighted by atomic mass is 10.0. The number of para-hydroxylation sites is 1. The Labute approximate surface area is 305 Å². The van der Waals surface area contributed by atoms with E-state index in [9.17, 15) is 19.5 Å². The number of H-pyrrole nitrogens is 1. The van der Waals surface area contributed by atoms with E-state index in [4.69, 9.17) is 16.3 Å². The number of likely N-dealkylation sites (tertiary alicyclic amines) is 1. The van der Waals surface area contributed by atoms with Gasteiger partial charge in [0.05, 0.1) is 28.2 Å². The van der Waals surface area contributed by atoms with Crippen molar-refractivity contribution < 1.29 is 19.4 Å². The van der Waals surface area contributed by atoms with Crippen molar-refractivity contribution in [2.75, 3.05) is 43.9 Å². The molecular weight excluding hydrogens is 688 g/mol. The van der Waals surface area contributed by atoms with E-state index in [1.54, 1.807) is 25.3 Å². The first-order valence-corrected chi connectivity index (χ1v) is 18.1. The molecule has 0 spiro atoms. The number of halogens is 1. The second-order valence-electron chi connectivity index (χ2n) is 12.5. The Kier molecular flexibility index (Phi) is 11.9. The van der Waals surface area contributed by atoms with Gasteiger partial charge < -0.3 is 41.0 Å². The summed E-state index contributed by atoms with van der Waals surface area (Å²) in [5.74, 6) is 0.513. The summed E-state index contributed by atoms with van der Waals surface area (Å²) in [5.41, 5.74) is 5.52. The van der Waals surface area contributed by atoms with Gasteiger partial charge in [-0.15, -0.1) is 0 Å². The maximum Gasteiger partial charge on any atom is 0.319 e. The molecule has 0 radical (unpaired) electrons. The molecule has 0 unspecified atom stereocenters. The standard InChI is InChI=1S/C38H41ClN6O5S/c1-50-33-22-31(29(39)21-26(33)23-40-17-13-25-11-12-32(46)35-36(25)51-38(49)44-35)42-34(47)16-20-45-18-14-27(15-19-45)41-37(48)43-30-10-6-5-9-28(30)24-7-3-2-4-8-24/h2-12,21-22,27,40,46H,13-20,23H2,1H3,(H,42,47)(H,44,49)(H2,41,43,48). The molecule has 1 aromatic heterocycles. The maximum absolute atomic E-state index is 12.9. The van der Waals surface area contributed by atoms with Crippen molar-refractivity contribution in [3.8, 4) is 22.6 Å². The predicted octanol–water partition coefficient (Wildman–Crippen LogP) is 6.57. The Morgan fingerprint density at radius 1 is 0.980 bits per heavy atom. The molecule has 0 aliphatic carbocycles. The highest BCUT2D eigenvalue weighted by molar-refractivity contribution is 7.16. The first-order valence-electron chi connectivity index (χ1n) is 16.9. The number of rotatable bonds is 13. The Hall–Kier alpha value is -4.88. The molecule has 1 saturated heterocycles. The molecule has 4 aromatic carbocycles. The number of hydrogen-bond donors (Lipinski definition) is 6. The van der Waals surface area contributed by atoms with Gasteiger partial charge in [0, 0.05) is 55.8 Å². The van der Waals surface area contributed by atoms with Gasteiger partial charge in [-0.2, -0.15) is 0 Å². The van der Waals surface area contributed by atoms with Gasteiger partial charge in [0.2, 0.25) is 5.91 Å². The number of nitrogens with zero attached hydrogens (tertiary/aromatic N) is 1. The summed E-state index contributed by atoms with van der Waals surface area (Å²) in [4.78, 5) is 42.3. The smallest absolute Gasteiger partial charge is 0.319 e. The van der Waals surface area contributed by atoms with Gasteiger partial charge in [0.25, 0.3) is 0 Å². The molecule has 6 rings (SSSR count). The van der Waals surface area contributed by atoms with E-state index in [-0.39, 0.29) is 28.6 Å². The molecule has 2 heterocycles. The zero-order valence-corrected chi connectivity index (χ0v) is 29.8. The average molecular weight is 729 g/mol. The number of nitrogens with one attached hydrogen (secondary N) is 5. The molecule has 3 amide bonds. The van der Waals surface area contributed by atoms with E-state index in [2.05, 4.69) is 31.2 Å². The third kappa shape index (κ3) is 9.27. The highest BCUT2D eigenvalue weighted by atomic mass is 35.5. The number of urea groups is 1. The van der Waals surface area contributed by atoms with Crippen LogP contribution in [0.5, 0.6) is 11.5 Å². The summed E-state index contributed by atoms with van der Waals surface area (Å²) in [6, 6.07) is 24.5. The van der Waals surface area contributed by atoms with E-state index >= 15 is 0 Å². The van der Waals surface area contributed by atoms with Gasteiger partial charge in [-0.05, 0) is 55.1 Å². The van der Waals surface area contributed by atoms with Crippen LogP contribution in [0.1, 0.15) is 30.4 Å². The molecule has 5 aromatic rings. The fourth-order valence-electron chi connectivity index (χ4n) is 6.31. The summed E-state index contributed by atoms with van der Waals surface area (Å²) in [6.07, 6.45) is 2.54. The second-order valence-corrected chi connectivity index (χ2v) is 13.8. The van der Waals surface area contributed by atoms with Crippen molar-refractivity contribution in [3.63, 3.8) is 0 Å². The van der Waals surface area contributed by atoms with Crippen LogP contribution >= 0.6 is 22.9 Å². The number of hydrogen-bond acceptors (Lipinski definition) is 8. The quantitative estimate of drug-likeness (QED) is 0.0752. The first-order chi connectivity index (χ1) is 24.8. The zero-order chi connectivity index (χ0) is 35.7. The minimum Gasteiger partial charge on any atom is -0.506 e. The number of methoxy groups -OCH3 is 1. The Morgan fingerprint density at radius 3 is 2.53 bits per heavy atom. The number of benzene rings is 4. The number of carbonyl (C=O) groups excluding carboxylic acids is 2. The van der Waals surface area contributed by atoms with E-state index < -0.39 is 0 Å². The van der Waals surface area contributed by atoms with E-state index in [0.717, 1.165) is 69.9 Å². The lowest BCUT2D eigenvalue weighted by Gasteiger charge is -2.32. The Morgan fingerprint density at radius 2 is 1.75 bits per heavy atom. The summed E-state index contributed by atoms with van der Waals surface area (Å²) in [5, 5.41) is 22.9. The van der Waals surface area contributed by atoms with Crippen molar-refractivity contribution >= 4 is 56.5 Å². The number of amides is 3. The predicted molar refractivity (Wildman–Crippen MR) is 204 cm³/mol. The fourth-order valence-corrected chi connectivity index (χ4v) is 7.44. The summed E-state index contributed by atoms with van der Waals surface area (Å²) < 4.78 is 6.36. The number of aromatic amines is 1. The van der Waals surface area contributed by atoms with Gasteiger partial charge in [0.1, 0.15) is 17.0 Å². The minimum absolute atomic E-state index is 0.0498. The van der Waals surface area contributed by atoms with E-state index in [1.165, 1.54) is 0 Å². The van der Waals surface area contributed by atoms with Crippen LogP contribution in [-0.2, 0) is 17.8 Å². The van der Waals surface area contributed by atoms with Crippen molar-refractivity contribution in [2.45, 2.75) is 38.3 Å². The van der Waals surface area contributed by atoms with E-state index in [1.807, 2.05) is 60.7 Å². The van der Waals surface area contributed by atoms with Crippen LogP contribution in [0.3, 0.4) is 0 Å². The SMILES string of the molecule is COc1cc(NC(=O)CCN2CCC(NC(=O)Nc3ccccc3-c3ccccc3)CC2)c(Cl)cc1CNCCc1ccc(O)c2[nH]c(=O)sc12. The average Bonchev–Trinajstić information content (AvgIpc) is 3.54. The number of aromatic nitrogens is 1. The maximum atomic E-state index is 12.9. The van der Waals surface area contributed by atoms with Gasteiger partial charge in [-0.25, -0.2) is 4.79 Å². The fraction of sp³-hybridized carbons (Fsp3) is 0.289. The highest BCUT2D eigenvalue weighted by Gasteiger charge is 2.22. The number of ether oxygens (including phenoxy) is 1. The van der Waals surface area contributed by atoms with Gasteiger partial charge in [-0.3, -0.25) is 9.59 Å². The topological polar surface area (TPSA) is 148 Å². The van der Waals surface area contributed by atoms with Crippen LogP contribution in [-0.4, -0.2) is 66.3 Å². The number of fused-ring (bicyclic) bond motifs is 1. The molecule has 11 nitrogen and oxygen atoms in total. The van der Waals surface area contributed by atoms with Crippen molar-refractivity contribution in [2.24, 2.45) is 0 Å². The highest BCUT2D eigenvalue weighted by Crippen LogP contribution is 2.32. The lowest BCUT2D eigenvalue weighted by molar-refractivity contribution is -0.116. The van der Waals surface area contributed by atoms with Crippen molar-refractivity contribution in [1.29, 1.82) is 0 Å². The molecule has 1 aliphatic rings. The van der Waals surface area contributed by atoms with Crippen LogP contribution in [0.25, 0.3) is 21.3 Å². The summed E-state index contributed by atoms with van der Waals surface area (Å²) in [7, 11) is 1.57. The molecule has 0 atom stereocenters. The number of phenols is 1. The normalized spacial score (nSPS) is 13.6. The zero-order valence-electron chi connectivity index (χ0n) is 28.3. The van der Waals surface area contributed by atoms with E-state index in [0.29, 0.717) is 54.5 Å². The minimum atomic E-state index is -0.224. The number of anilines is 2. The molecule has 0 saturated carbocycles.